The van der Waals surface area contributed by atoms with Gasteiger partial charge in [-0.15, -0.1) is 11.8 Å². The van der Waals surface area contributed by atoms with Crippen LogP contribution in [-0.4, -0.2) is 55.6 Å². The predicted octanol–water partition coefficient (Wildman–Crippen LogP) is 3.03. The monoisotopic (exact) mass is 337 g/mol. The molecule has 128 valence electrons. The number of hydrogen-bond acceptors (Lipinski definition) is 4. The Labute approximate surface area is 143 Å². The molecule has 1 atom stereocenters. The molecule has 1 aromatic rings. The van der Waals surface area contributed by atoms with Crippen LogP contribution in [0.1, 0.15) is 20.3 Å². The second kappa shape index (κ2) is 9.80. The molecule has 2 rings (SSSR count). The average Bonchev–Trinajstić information content (AvgIpc) is 2.56. The number of morpholine rings is 1. The number of anilines is 1. The van der Waals surface area contributed by atoms with E-state index in [1.165, 1.54) is 4.90 Å². The number of benzene rings is 1. The van der Waals surface area contributed by atoms with E-state index in [4.69, 9.17) is 4.74 Å². The predicted molar refractivity (Wildman–Crippen MR) is 96.3 cm³/mol. The molecule has 0 radical (unpaired) electrons. The van der Waals surface area contributed by atoms with E-state index in [9.17, 15) is 4.79 Å². The number of hydrogen-bond donors (Lipinski definition) is 2. The molecule has 0 aromatic heterocycles. The SMILES string of the molecule is CCSc1ccc(NC(=O)N[C@H](C)CCN2CCOCC2)cc1. The smallest absolute Gasteiger partial charge is 0.319 e. The van der Waals surface area contributed by atoms with E-state index in [0.29, 0.717) is 0 Å². The molecule has 0 bridgehead atoms. The van der Waals surface area contributed by atoms with Crippen LogP contribution in [0.15, 0.2) is 29.2 Å². The van der Waals surface area contributed by atoms with Gasteiger partial charge in [0.25, 0.3) is 0 Å². The molecule has 5 nitrogen and oxygen atoms in total. The van der Waals surface area contributed by atoms with Crippen LogP contribution >= 0.6 is 11.8 Å². The van der Waals surface area contributed by atoms with Gasteiger partial charge in [0.05, 0.1) is 13.2 Å². The van der Waals surface area contributed by atoms with Crippen molar-refractivity contribution in [1.29, 1.82) is 0 Å². The van der Waals surface area contributed by atoms with Gasteiger partial charge in [-0.25, -0.2) is 4.79 Å². The lowest BCUT2D eigenvalue weighted by Crippen LogP contribution is -2.41. The summed E-state index contributed by atoms with van der Waals surface area (Å²) in [7, 11) is 0. The highest BCUT2D eigenvalue weighted by Gasteiger charge is 2.13. The van der Waals surface area contributed by atoms with E-state index < -0.39 is 0 Å². The second-order valence-corrected chi connectivity index (χ2v) is 7.04. The molecule has 2 amide bonds. The van der Waals surface area contributed by atoms with Crippen LogP contribution in [0.5, 0.6) is 0 Å². The van der Waals surface area contributed by atoms with Gasteiger partial charge in [-0.1, -0.05) is 6.92 Å². The molecular weight excluding hydrogens is 310 g/mol. The van der Waals surface area contributed by atoms with Crippen LogP contribution < -0.4 is 10.6 Å². The van der Waals surface area contributed by atoms with Gasteiger partial charge < -0.3 is 15.4 Å². The van der Waals surface area contributed by atoms with Crippen molar-refractivity contribution >= 4 is 23.5 Å². The Kier molecular flexibility index (Phi) is 7.71. The zero-order chi connectivity index (χ0) is 16.5. The van der Waals surface area contributed by atoms with Gasteiger partial charge in [-0.05, 0) is 43.4 Å². The quantitative estimate of drug-likeness (QED) is 0.751. The summed E-state index contributed by atoms with van der Waals surface area (Å²) in [5.41, 5.74) is 0.823. The molecule has 1 fully saturated rings. The Hall–Kier alpha value is -1.24. The molecule has 1 aliphatic rings. The van der Waals surface area contributed by atoms with Crippen molar-refractivity contribution in [3.8, 4) is 0 Å². The lowest BCUT2D eigenvalue weighted by atomic mass is 10.2. The fourth-order valence-electron chi connectivity index (χ4n) is 2.47. The number of nitrogens with zero attached hydrogens (tertiary/aromatic N) is 1. The van der Waals surface area contributed by atoms with E-state index >= 15 is 0 Å². The number of ether oxygens (including phenoxy) is 1. The summed E-state index contributed by atoms with van der Waals surface area (Å²) < 4.78 is 5.34. The molecule has 1 heterocycles. The van der Waals surface area contributed by atoms with Crippen molar-refractivity contribution in [1.82, 2.24) is 10.2 Å². The van der Waals surface area contributed by atoms with E-state index in [0.717, 1.165) is 50.7 Å². The zero-order valence-corrected chi connectivity index (χ0v) is 14.8. The topological polar surface area (TPSA) is 53.6 Å². The summed E-state index contributed by atoms with van der Waals surface area (Å²) in [5, 5.41) is 5.88. The number of carbonyl (C=O) groups is 1. The molecule has 0 unspecified atom stereocenters. The summed E-state index contributed by atoms with van der Waals surface area (Å²) in [6.07, 6.45) is 0.944. The standard InChI is InChI=1S/C17H27N3O2S/c1-3-23-16-6-4-15(5-7-16)19-17(21)18-14(2)8-9-20-10-12-22-13-11-20/h4-7,14H,3,8-13H2,1-2H3,(H2,18,19,21)/t14-/m1/s1. The molecule has 0 saturated carbocycles. The van der Waals surface area contributed by atoms with E-state index in [1.807, 2.05) is 31.2 Å². The molecule has 1 saturated heterocycles. The fourth-order valence-corrected chi connectivity index (χ4v) is 3.13. The Morgan fingerprint density at radius 3 is 2.65 bits per heavy atom. The van der Waals surface area contributed by atoms with Gasteiger partial charge in [-0.3, -0.25) is 4.90 Å². The van der Waals surface area contributed by atoms with Crippen molar-refractivity contribution < 1.29 is 9.53 Å². The van der Waals surface area contributed by atoms with Crippen molar-refractivity contribution in [2.45, 2.75) is 31.2 Å². The minimum absolute atomic E-state index is 0.143. The van der Waals surface area contributed by atoms with Crippen LogP contribution in [0.3, 0.4) is 0 Å². The highest BCUT2D eigenvalue weighted by atomic mass is 32.2. The first-order valence-electron chi connectivity index (χ1n) is 8.28. The zero-order valence-electron chi connectivity index (χ0n) is 14.0. The maximum Gasteiger partial charge on any atom is 0.319 e. The van der Waals surface area contributed by atoms with Crippen molar-refractivity contribution in [2.75, 3.05) is 43.9 Å². The summed E-state index contributed by atoms with van der Waals surface area (Å²) in [6.45, 7) is 8.77. The molecule has 1 aliphatic heterocycles. The van der Waals surface area contributed by atoms with Crippen LogP contribution in [0.4, 0.5) is 10.5 Å². The van der Waals surface area contributed by atoms with Gasteiger partial charge in [-0.2, -0.15) is 0 Å². The van der Waals surface area contributed by atoms with Crippen molar-refractivity contribution in [2.24, 2.45) is 0 Å². The molecule has 0 aliphatic carbocycles. The Morgan fingerprint density at radius 2 is 2.00 bits per heavy atom. The number of thioether (sulfide) groups is 1. The van der Waals surface area contributed by atoms with Crippen LogP contribution in [-0.2, 0) is 4.74 Å². The molecule has 1 aromatic carbocycles. The normalized spacial score (nSPS) is 16.8. The third-order valence-electron chi connectivity index (χ3n) is 3.78. The summed E-state index contributed by atoms with van der Waals surface area (Å²) >= 11 is 1.79. The summed E-state index contributed by atoms with van der Waals surface area (Å²) in [4.78, 5) is 15.6. The fraction of sp³-hybridized carbons (Fsp3) is 0.588. The first-order chi connectivity index (χ1) is 11.2. The first kappa shape index (κ1) is 18.1. The van der Waals surface area contributed by atoms with Gasteiger partial charge in [0.1, 0.15) is 0 Å². The van der Waals surface area contributed by atoms with Gasteiger partial charge in [0.2, 0.25) is 0 Å². The van der Waals surface area contributed by atoms with Gasteiger partial charge >= 0.3 is 6.03 Å². The Balaban J connectivity index is 1.68. The minimum Gasteiger partial charge on any atom is -0.379 e. The molecule has 0 spiro atoms. The van der Waals surface area contributed by atoms with Crippen LogP contribution in [0.25, 0.3) is 0 Å². The lowest BCUT2D eigenvalue weighted by Gasteiger charge is -2.27. The minimum atomic E-state index is -0.143. The average molecular weight is 337 g/mol. The van der Waals surface area contributed by atoms with Crippen molar-refractivity contribution in [3.63, 3.8) is 0 Å². The van der Waals surface area contributed by atoms with E-state index in [2.05, 4.69) is 22.5 Å². The molecular formula is C17H27N3O2S. The third kappa shape index (κ3) is 6.81. The molecule has 2 N–H and O–H groups in total. The summed E-state index contributed by atoms with van der Waals surface area (Å²) in [5.74, 6) is 1.05. The highest BCUT2D eigenvalue weighted by molar-refractivity contribution is 7.99. The summed E-state index contributed by atoms with van der Waals surface area (Å²) in [6, 6.07) is 7.95. The van der Waals surface area contributed by atoms with Crippen LogP contribution in [0.2, 0.25) is 0 Å². The van der Waals surface area contributed by atoms with E-state index in [-0.39, 0.29) is 12.1 Å². The van der Waals surface area contributed by atoms with Gasteiger partial charge in [0.15, 0.2) is 0 Å². The van der Waals surface area contributed by atoms with Gasteiger partial charge in [0, 0.05) is 36.3 Å². The first-order valence-corrected chi connectivity index (χ1v) is 9.26. The lowest BCUT2D eigenvalue weighted by molar-refractivity contribution is 0.0365. The molecule has 23 heavy (non-hydrogen) atoms. The number of carbonyl (C=O) groups excluding carboxylic acids is 1. The number of nitrogens with one attached hydrogen (secondary N) is 2. The third-order valence-corrected chi connectivity index (χ3v) is 4.68. The highest BCUT2D eigenvalue weighted by Crippen LogP contribution is 2.19. The Bertz CT molecular complexity index is 475. The largest absolute Gasteiger partial charge is 0.379 e. The van der Waals surface area contributed by atoms with E-state index in [1.54, 1.807) is 11.8 Å². The van der Waals surface area contributed by atoms with Crippen LogP contribution in [0, 0.1) is 0 Å². The number of amides is 2. The number of urea groups is 1. The maximum atomic E-state index is 12.0. The Morgan fingerprint density at radius 1 is 1.30 bits per heavy atom. The second-order valence-electron chi connectivity index (χ2n) is 5.70. The molecule has 6 heteroatoms. The maximum absolute atomic E-state index is 12.0. The van der Waals surface area contributed by atoms with Crippen molar-refractivity contribution in [3.05, 3.63) is 24.3 Å². The number of rotatable bonds is 7.